The Morgan fingerprint density at radius 3 is 2.90 bits per heavy atom. The summed E-state index contributed by atoms with van der Waals surface area (Å²) in [5.41, 5.74) is 9.55. The summed E-state index contributed by atoms with van der Waals surface area (Å²) in [4.78, 5) is 0. The standard InChI is InChI=1S/C16H15ClN4/c1-2-5-15(12-10-11(17)8-9-13(12)18)21-16-7-4-3-6-14(16)19-20-21/h2-4,6-10,15H,1,5,18H2. The van der Waals surface area contributed by atoms with Gasteiger partial charge in [0.15, 0.2) is 0 Å². The van der Waals surface area contributed by atoms with E-state index in [0.29, 0.717) is 17.1 Å². The van der Waals surface area contributed by atoms with Crippen molar-refractivity contribution in [3.05, 3.63) is 65.7 Å². The Labute approximate surface area is 127 Å². The zero-order valence-electron chi connectivity index (χ0n) is 11.4. The Morgan fingerprint density at radius 2 is 2.10 bits per heavy atom. The fourth-order valence-corrected chi connectivity index (χ4v) is 2.65. The van der Waals surface area contributed by atoms with E-state index in [2.05, 4.69) is 16.9 Å². The van der Waals surface area contributed by atoms with E-state index >= 15 is 0 Å². The molecule has 1 unspecified atom stereocenters. The van der Waals surface area contributed by atoms with Gasteiger partial charge in [-0.15, -0.1) is 11.7 Å². The van der Waals surface area contributed by atoms with E-state index in [-0.39, 0.29) is 6.04 Å². The molecule has 0 aliphatic rings. The van der Waals surface area contributed by atoms with Crippen LogP contribution in [-0.2, 0) is 0 Å². The lowest BCUT2D eigenvalue weighted by Crippen LogP contribution is -2.13. The molecule has 1 atom stereocenters. The van der Waals surface area contributed by atoms with Crippen LogP contribution in [0.2, 0.25) is 5.02 Å². The number of fused-ring (bicyclic) bond motifs is 1. The van der Waals surface area contributed by atoms with Crippen LogP contribution >= 0.6 is 11.6 Å². The van der Waals surface area contributed by atoms with E-state index in [4.69, 9.17) is 17.3 Å². The van der Waals surface area contributed by atoms with E-state index < -0.39 is 0 Å². The molecule has 0 saturated heterocycles. The molecule has 0 radical (unpaired) electrons. The second-order valence-corrected chi connectivity index (χ2v) is 5.27. The third-order valence-corrected chi connectivity index (χ3v) is 3.71. The molecule has 0 saturated carbocycles. The van der Waals surface area contributed by atoms with E-state index in [1.165, 1.54) is 0 Å². The van der Waals surface area contributed by atoms with Crippen LogP contribution < -0.4 is 5.73 Å². The SMILES string of the molecule is C=CCC(c1cc(Cl)ccc1N)n1nnc2ccccc21. The third kappa shape index (κ3) is 2.50. The van der Waals surface area contributed by atoms with Crippen molar-refractivity contribution in [1.82, 2.24) is 15.0 Å². The van der Waals surface area contributed by atoms with Crippen LogP contribution in [0.1, 0.15) is 18.0 Å². The van der Waals surface area contributed by atoms with Gasteiger partial charge in [-0.25, -0.2) is 4.68 Å². The minimum absolute atomic E-state index is 0.0754. The van der Waals surface area contributed by atoms with Gasteiger partial charge in [0.1, 0.15) is 5.52 Å². The highest BCUT2D eigenvalue weighted by Crippen LogP contribution is 2.31. The van der Waals surface area contributed by atoms with Crippen molar-refractivity contribution in [2.45, 2.75) is 12.5 Å². The van der Waals surface area contributed by atoms with Gasteiger partial charge in [-0.05, 0) is 36.8 Å². The van der Waals surface area contributed by atoms with Crippen molar-refractivity contribution in [2.24, 2.45) is 0 Å². The number of hydrogen-bond acceptors (Lipinski definition) is 3. The Hall–Kier alpha value is -2.33. The summed E-state index contributed by atoms with van der Waals surface area (Å²) in [6.07, 6.45) is 2.54. The van der Waals surface area contributed by atoms with Crippen molar-refractivity contribution < 1.29 is 0 Å². The lowest BCUT2D eigenvalue weighted by molar-refractivity contribution is 0.528. The van der Waals surface area contributed by atoms with Gasteiger partial charge in [0.25, 0.3) is 0 Å². The number of rotatable bonds is 4. The molecule has 5 heteroatoms. The number of nitrogens with two attached hydrogens (primary N) is 1. The average Bonchev–Trinajstić information content (AvgIpc) is 2.91. The number of aromatic nitrogens is 3. The maximum absolute atomic E-state index is 6.12. The first kappa shape index (κ1) is 13.6. The lowest BCUT2D eigenvalue weighted by Gasteiger charge is -2.19. The zero-order chi connectivity index (χ0) is 14.8. The van der Waals surface area contributed by atoms with Crippen molar-refractivity contribution in [3.63, 3.8) is 0 Å². The number of allylic oxidation sites excluding steroid dienone is 1. The largest absolute Gasteiger partial charge is 0.398 e. The van der Waals surface area contributed by atoms with Crippen LogP contribution in [0.15, 0.2) is 55.1 Å². The molecule has 0 amide bonds. The Bertz CT molecular complexity index is 794. The first-order valence-corrected chi connectivity index (χ1v) is 7.04. The monoisotopic (exact) mass is 298 g/mol. The molecule has 0 aliphatic carbocycles. The predicted molar refractivity (Wildman–Crippen MR) is 86.3 cm³/mol. The van der Waals surface area contributed by atoms with Gasteiger partial charge in [0.2, 0.25) is 0 Å². The molecule has 2 N–H and O–H groups in total. The summed E-state index contributed by atoms with van der Waals surface area (Å²) in [7, 11) is 0. The summed E-state index contributed by atoms with van der Waals surface area (Å²) in [6.45, 7) is 3.83. The van der Waals surface area contributed by atoms with Gasteiger partial charge < -0.3 is 5.73 Å². The van der Waals surface area contributed by atoms with E-state index in [1.54, 1.807) is 6.07 Å². The number of benzene rings is 2. The molecule has 106 valence electrons. The van der Waals surface area contributed by atoms with Crippen LogP contribution in [0.4, 0.5) is 5.69 Å². The van der Waals surface area contributed by atoms with Crippen LogP contribution in [0, 0.1) is 0 Å². The van der Waals surface area contributed by atoms with Gasteiger partial charge >= 0.3 is 0 Å². The Morgan fingerprint density at radius 1 is 1.29 bits per heavy atom. The minimum Gasteiger partial charge on any atom is -0.398 e. The summed E-state index contributed by atoms with van der Waals surface area (Å²) < 4.78 is 1.87. The summed E-state index contributed by atoms with van der Waals surface area (Å²) in [5.74, 6) is 0. The molecule has 1 aromatic heterocycles. The zero-order valence-corrected chi connectivity index (χ0v) is 12.2. The minimum atomic E-state index is -0.0754. The Kier molecular flexibility index (Phi) is 3.62. The highest BCUT2D eigenvalue weighted by molar-refractivity contribution is 6.30. The van der Waals surface area contributed by atoms with Crippen LogP contribution in [0.25, 0.3) is 11.0 Å². The van der Waals surface area contributed by atoms with Gasteiger partial charge in [-0.3, -0.25) is 0 Å². The molecule has 3 rings (SSSR count). The second kappa shape index (κ2) is 5.58. The summed E-state index contributed by atoms with van der Waals surface area (Å²) in [5, 5.41) is 9.14. The number of para-hydroxylation sites is 1. The van der Waals surface area contributed by atoms with Gasteiger partial charge in [-0.1, -0.05) is 35.0 Å². The quantitative estimate of drug-likeness (QED) is 0.588. The maximum Gasteiger partial charge on any atom is 0.113 e. The van der Waals surface area contributed by atoms with Crippen molar-refractivity contribution in [3.8, 4) is 0 Å². The fourth-order valence-electron chi connectivity index (χ4n) is 2.47. The van der Waals surface area contributed by atoms with Gasteiger partial charge in [-0.2, -0.15) is 0 Å². The number of nitrogen functional groups attached to an aromatic ring is 1. The molecule has 21 heavy (non-hydrogen) atoms. The van der Waals surface area contributed by atoms with Crippen molar-refractivity contribution >= 4 is 28.3 Å². The molecule has 0 fully saturated rings. The average molecular weight is 299 g/mol. The molecule has 3 aromatic rings. The topological polar surface area (TPSA) is 56.7 Å². The van der Waals surface area contributed by atoms with Crippen LogP contribution in [0.3, 0.4) is 0 Å². The van der Waals surface area contributed by atoms with Crippen LogP contribution in [0.5, 0.6) is 0 Å². The third-order valence-electron chi connectivity index (χ3n) is 3.47. The van der Waals surface area contributed by atoms with E-state index in [0.717, 1.165) is 16.6 Å². The maximum atomic E-state index is 6.12. The molecule has 0 bridgehead atoms. The van der Waals surface area contributed by atoms with Gasteiger partial charge in [0.05, 0.1) is 11.6 Å². The number of anilines is 1. The lowest BCUT2D eigenvalue weighted by atomic mass is 10.0. The highest BCUT2D eigenvalue weighted by atomic mass is 35.5. The number of nitrogens with zero attached hydrogens (tertiary/aromatic N) is 3. The first-order valence-electron chi connectivity index (χ1n) is 6.66. The first-order chi connectivity index (χ1) is 10.2. The number of halogens is 1. The predicted octanol–water partition coefficient (Wildman–Crippen LogP) is 3.83. The van der Waals surface area contributed by atoms with Crippen molar-refractivity contribution in [1.29, 1.82) is 0 Å². The molecular weight excluding hydrogens is 284 g/mol. The van der Waals surface area contributed by atoms with E-state index in [1.807, 2.05) is 47.2 Å². The van der Waals surface area contributed by atoms with Gasteiger partial charge in [0, 0.05) is 16.3 Å². The second-order valence-electron chi connectivity index (χ2n) is 4.84. The molecule has 0 aliphatic heterocycles. The Balaban J connectivity index is 2.18. The fraction of sp³-hybridized carbons (Fsp3) is 0.125. The molecule has 4 nitrogen and oxygen atoms in total. The highest BCUT2D eigenvalue weighted by Gasteiger charge is 2.19. The number of hydrogen-bond donors (Lipinski definition) is 1. The smallest absolute Gasteiger partial charge is 0.113 e. The summed E-state index contributed by atoms with van der Waals surface area (Å²) >= 11 is 6.11. The normalized spacial score (nSPS) is 12.4. The molecule has 1 heterocycles. The molecule has 2 aromatic carbocycles. The summed E-state index contributed by atoms with van der Waals surface area (Å²) in [6, 6.07) is 13.2. The molecule has 0 spiro atoms. The van der Waals surface area contributed by atoms with Crippen molar-refractivity contribution in [2.75, 3.05) is 5.73 Å². The van der Waals surface area contributed by atoms with Crippen LogP contribution in [-0.4, -0.2) is 15.0 Å². The van der Waals surface area contributed by atoms with E-state index in [9.17, 15) is 0 Å². The molecular formula is C16H15ClN4.